The summed E-state index contributed by atoms with van der Waals surface area (Å²) in [7, 11) is 9.12. The Bertz CT molecular complexity index is 830. The molecule has 0 saturated carbocycles. The maximum absolute atomic E-state index is 13.0. The SMILES string of the molecule is COc1ccc(CCC(=O)c2c(OC)cc(OC)c(OC)c2OC)cc1OC. The van der Waals surface area contributed by atoms with Crippen LogP contribution in [0.5, 0.6) is 34.5 Å². The lowest BCUT2D eigenvalue weighted by Crippen LogP contribution is -2.08. The molecule has 0 amide bonds. The summed E-state index contributed by atoms with van der Waals surface area (Å²) in [5, 5.41) is 0. The zero-order valence-corrected chi connectivity index (χ0v) is 17.1. The van der Waals surface area contributed by atoms with Crippen LogP contribution in [0.2, 0.25) is 0 Å². The molecule has 28 heavy (non-hydrogen) atoms. The van der Waals surface area contributed by atoms with E-state index in [9.17, 15) is 4.79 Å². The van der Waals surface area contributed by atoms with E-state index in [0.717, 1.165) is 5.56 Å². The van der Waals surface area contributed by atoms with Crippen molar-refractivity contribution in [2.24, 2.45) is 0 Å². The van der Waals surface area contributed by atoms with Crippen molar-refractivity contribution in [1.82, 2.24) is 0 Å². The third-order valence-electron chi connectivity index (χ3n) is 4.38. The standard InChI is InChI=1S/C21H26O7/c1-23-15-10-8-13(11-16(15)24-2)7-9-14(22)19-17(25-3)12-18(26-4)20(27-5)21(19)28-6/h8,10-12H,7,9H2,1-6H3. The summed E-state index contributed by atoms with van der Waals surface area (Å²) in [6, 6.07) is 7.19. The van der Waals surface area contributed by atoms with Gasteiger partial charge in [0.15, 0.2) is 28.8 Å². The number of ether oxygens (including phenoxy) is 6. The van der Waals surface area contributed by atoms with Gasteiger partial charge in [-0.05, 0) is 24.1 Å². The summed E-state index contributed by atoms with van der Waals surface area (Å²) >= 11 is 0. The molecule has 0 saturated heterocycles. The Morgan fingerprint density at radius 1 is 0.679 bits per heavy atom. The molecule has 152 valence electrons. The lowest BCUT2D eigenvalue weighted by atomic mass is 10.00. The number of Topliss-reactive ketones (excluding diaryl/α,β-unsaturated/α-hetero) is 1. The van der Waals surface area contributed by atoms with E-state index in [-0.39, 0.29) is 18.0 Å². The summed E-state index contributed by atoms with van der Waals surface area (Å²) in [5.41, 5.74) is 1.27. The number of hydrogen-bond acceptors (Lipinski definition) is 7. The first-order valence-corrected chi connectivity index (χ1v) is 8.65. The molecule has 0 N–H and O–H groups in total. The van der Waals surface area contributed by atoms with Gasteiger partial charge >= 0.3 is 0 Å². The number of carbonyl (C=O) groups is 1. The van der Waals surface area contributed by atoms with E-state index in [1.807, 2.05) is 18.2 Å². The molecule has 0 heterocycles. The zero-order chi connectivity index (χ0) is 20.7. The molecule has 2 rings (SSSR count). The number of benzene rings is 2. The van der Waals surface area contributed by atoms with Crippen LogP contribution in [0.4, 0.5) is 0 Å². The fourth-order valence-electron chi connectivity index (χ4n) is 2.98. The normalized spacial score (nSPS) is 10.2. The van der Waals surface area contributed by atoms with Gasteiger partial charge in [-0.15, -0.1) is 0 Å². The second-order valence-corrected chi connectivity index (χ2v) is 5.84. The van der Waals surface area contributed by atoms with Gasteiger partial charge in [0, 0.05) is 12.5 Å². The monoisotopic (exact) mass is 390 g/mol. The molecule has 0 aliphatic rings. The van der Waals surface area contributed by atoms with Crippen LogP contribution in [-0.4, -0.2) is 48.4 Å². The summed E-state index contributed by atoms with van der Waals surface area (Å²) in [5.74, 6) is 2.55. The molecular formula is C21H26O7. The minimum atomic E-state index is -0.135. The highest BCUT2D eigenvalue weighted by Gasteiger charge is 2.26. The maximum Gasteiger partial charge on any atom is 0.204 e. The van der Waals surface area contributed by atoms with E-state index in [4.69, 9.17) is 28.4 Å². The van der Waals surface area contributed by atoms with Crippen LogP contribution < -0.4 is 28.4 Å². The first-order chi connectivity index (χ1) is 13.5. The number of ketones is 1. The van der Waals surface area contributed by atoms with E-state index in [2.05, 4.69) is 0 Å². The van der Waals surface area contributed by atoms with Crippen LogP contribution in [0.3, 0.4) is 0 Å². The van der Waals surface area contributed by atoms with Crippen LogP contribution in [0.15, 0.2) is 24.3 Å². The molecule has 2 aromatic rings. The largest absolute Gasteiger partial charge is 0.496 e. The maximum atomic E-state index is 13.0. The lowest BCUT2D eigenvalue weighted by Gasteiger charge is -2.18. The van der Waals surface area contributed by atoms with Gasteiger partial charge in [-0.1, -0.05) is 6.07 Å². The van der Waals surface area contributed by atoms with Crippen molar-refractivity contribution in [1.29, 1.82) is 0 Å². The number of aryl methyl sites for hydroxylation is 1. The quantitative estimate of drug-likeness (QED) is 0.575. The molecule has 0 radical (unpaired) electrons. The van der Waals surface area contributed by atoms with Gasteiger partial charge in [0.1, 0.15) is 11.3 Å². The highest BCUT2D eigenvalue weighted by atomic mass is 16.5. The number of hydrogen-bond donors (Lipinski definition) is 0. The van der Waals surface area contributed by atoms with Gasteiger partial charge in [-0.2, -0.15) is 0 Å². The van der Waals surface area contributed by atoms with Crippen molar-refractivity contribution in [3.05, 3.63) is 35.4 Å². The van der Waals surface area contributed by atoms with Crippen molar-refractivity contribution < 1.29 is 33.2 Å². The van der Waals surface area contributed by atoms with Crippen LogP contribution >= 0.6 is 0 Å². The van der Waals surface area contributed by atoms with Crippen LogP contribution in [0, 0.1) is 0 Å². The van der Waals surface area contributed by atoms with E-state index >= 15 is 0 Å². The molecule has 0 bridgehead atoms. The Kier molecular flexibility index (Phi) is 7.37. The zero-order valence-electron chi connectivity index (χ0n) is 17.1. The van der Waals surface area contributed by atoms with Crippen molar-refractivity contribution >= 4 is 5.78 Å². The number of methoxy groups -OCH3 is 6. The van der Waals surface area contributed by atoms with Gasteiger partial charge in [-0.25, -0.2) is 0 Å². The number of carbonyl (C=O) groups excluding carboxylic acids is 1. The van der Waals surface area contributed by atoms with E-state index in [1.165, 1.54) is 28.4 Å². The molecular weight excluding hydrogens is 364 g/mol. The molecule has 7 heteroatoms. The molecule has 0 unspecified atom stereocenters. The molecule has 0 aliphatic carbocycles. The molecule has 0 fully saturated rings. The van der Waals surface area contributed by atoms with Crippen molar-refractivity contribution in [3.8, 4) is 34.5 Å². The van der Waals surface area contributed by atoms with E-state index in [1.54, 1.807) is 20.3 Å². The highest BCUT2D eigenvalue weighted by molar-refractivity contribution is 6.02. The van der Waals surface area contributed by atoms with E-state index in [0.29, 0.717) is 40.7 Å². The van der Waals surface area contributed by atoms with Gasteiger partial charge in [0.25, 0.3) is 0 Å². The van der Waals surface area contributed by atoms with Crippen LogP contribution in [0.25, 0.3) is 0 Å². The van der Waals surface area contributed by atoms with Crippen molar-refractivity contribution in [2.45, 2.75) is 12.8 Å². The molecule has 2 aromatic carbocycles. The summed E-state index contributed by atoms with van der Waals surface area (Å²) in [4.78, 5) is 13.0. The van der Waals surface area contributed by atoms with Gasteiger partial charge < -0.3 is 28.4 Å². The predicted octanol–water partition coefficient (Wildman–Crippen LogP) is 3.55. The van der Waals surface area contributed by atoms with Crippen LogP contribution in [-0.2, 0) is 6.42 Å². The van der Waals surface area contributed by atoms with Gasteiger partial charge in [0.05, 0.1) is 42.7 Å². The Labute approximate surface area is 165 Å². The lowest BCUT2D eigenvalue weighted by molar-refractivity contribution is 0.0975. The van der Waals surface area contributed by atoms with Crippen molar-refractivity contribution in [3.63, 3.8) is 0 Å². The van der Waals surface area contributed by atoms with Gasteiger partial charge in [0.2, 0.25) is 5.75 Å². The van der Waals surface area contributed by atoms with Gasteiger partial charge in [-0.3, -0.25) is 4.79 Å². The van der Waals surface area contributed by atoms with E-state index < -0.39 is 0 Å². The summed E-state index contributed by atoms with van der Waals surface area (Å²) < 4.78 is 32.1. The minimum Gasteiger partial charge on any atom is -0.496 e. The molecule has 7 nitrogen and oxygen atoms in total. The second kappa shape index (κ2) is 9.73. The smallest absolute Gasteiger partial charge is 0.204 e. The Balaban J connectivity index is 2.33. The average molecular weight is 390 g/mol. The number of rotatable bonds is 10. The highest BCUT2D eigenvalue weighted by Crippen LogP contribution is 2.45. The Hall–Kier alpha value is -3.09. The second-order valence-electron chi connectivity index (χ2n) is 5.84. The Morgan fingerprint density at radius 2 is 1.29 bits per heavy atom. The topological polar surface area (TPSA) is 72.5 Å². The van der Waals surface area contributed by atoms with Crippen LogP contribution in [0.1, 0.15) is 22.3 Å². The first-order valence-electron chi connectivity index (χ1n) is 8.65. The summed E-state index contributed by atoms with van der Waals surface area (Å²) in [6.07, 6.45) is 0.761. The summed E-state index contributed by atoms with van der Waals surface area (Å²) in [6.45, 7) is 0. The fourth-order valence-corrected chi connectivity index (χ4v) is 2.98. The third-order valence-corrected chi connectivity index (χ3v) is 4.38. The molecule has 0 atom stereocenters. The molecule has 0 aliphatic heterocycles. The predicted molar refractivity (Wildman–Crippen MR) is 105 cm³/mol. The third kappa shape index (κ3) is 4.24. The Morgan fingerprint density at radius 3 is 1.82 bits per heavy atom. The average Bonchev–Trinajstić information content (AvgIpc) is 2.75. The van der Waals surface area contributed by atoms with Crippen molar-refractivity contribution in [2.75, 3.05) is 42.7 Å². The fraction of sp³-hybridized carbons (Fsp3) is 0.381. The molecule has 0 spiro atoms. The molecule has 0 aromatic heterocycles. The minimum absolute atomic E-state index is 0.135. The first kappa shape index (κ1) is 21.2.